The summed E-state index contributed by atoms with van der Waals surface area (Å²) in [7, 11) is 2.74. The Hall–Kier alpha value is -10.5. The van der Waals surface area contributed by atoms with E-state index in [0.29, 0.717) is 56.3 Å². The van der Waals surface area contributed by atoms with Crippen molar-refractivity contribution in [1.29, 1.82) is 0 Å². The van der Waals surface area contributed by atoms with Crippen molar-refractivity contribution >= 4 is 75.8 Å². The number of aryl methyl sites for hydroxylation is 2. The van der Waals surface area contributed by atoms with Crippen LogP contribution >= 0.6 is 23.2 Å². The molecular weight excluding hydrogens is 1270 g/mol. The van der Waals surface area contributed by atoms with Gasteiger partial charge in [-0.1, -0.05) is 89.9 Å². The maximum absolute atomic E-state index is 13.1. The molecule has 0 aromatic heterocycles. The van der Waals surface area contributed by atoms with Crippen LogP contribution in [0, 0.1) is 0 Å². The van der Waals surface area contributed by atoms with E-state index in [0.717, 1.165) is 100 Å². The van der Waals surface area contributed by atoms with Gasteiger partial charge in [0.05, 0.1) is 41.0 Å². The van der Waals surface area contributed by atoms with Crippen LogP contribution in [0.5, 0.6) is 46.0 Å². The predicted octanol–water partition coefficient (Wildman–Crippen LogP) is 15.9. The Labute approximate surface area is 574 Å². The number of benzene rings is 9. The van der Waals surface area contributed by atoms with E-state index in [9.17, 15) is 33.2 Å². The van der Waals surface area contributed by atoms with Gasteiger partial charge in [-0.2, -0.15) is 0 Å². The van der Waals surface area contributed by atoms with Crippen molar-refractivity contribution in [2.45, 2.75) is 82.9 Å². The summed E-state index contributed by atoms with van der Waals surface area (Å²) in [5, 5.41) is 9.86. The first-order chi connectivity index (χ1) is 48.1. The van der Waals surface area contributed by atoms with Crippen molar-refractivity contribution < 1.29 is 66.3 Å². The summed E-state index contributed by atoms with van der Waals surface area (Å²) in [6.07, 6.45) is 8.37. The van der Waals surface area contributed by atoms with Gasteiger partial charge in [0.2, 0.25) is 0 Å². The van der Waals surface area contributed by atoms with E-state index in [1.165, 1.54) is 98.1 Å². The van der Waals surface area contributed by atoms with Crippen LogP contribution in [0.15, 0.2) is 146 Å². The van der Waals surface area contributed by atoms with Gasteiger partial charge in [0.15, 0.2) is 11.5 Å². The molecule has 7 aliphatic rings. The summed E-state index contributed by atoms with van der Waals surface area (Å²) >= 11 is 12.7. The number of nitrogens with two attached hydrogens (primary N) is 2. The van der Waals surface area contributed by atoms with Crippen molar-refractivity contribution in [3.8, 4) is 46.0 Å². The van der Waals surface area contributed by atoms with Crippen LogP contribution in [-0.2, 0) is 44.7 Å². The Morgan fingerprint density at radius 3 is 1.25 bits per heavy atom. The van der Waals surface area contributed by atoms with Gasteiger partial charge in [0, 0.05) is 153 Å². The molecule has 492 valence electrons. The van der Waals surface area contributed by atoms with Crippen LogP contribution in [0.3, 0.4) is 0 Å². The number of rotatable bonds is 8. The molecule has 5 N–H and O–H groups in total. The molecule has 7 aliphatic heterocycles. The van der Waals surface area contributed by atoms with E-state index in [1.54, 1.807) is 78.9 Å². The monoisotopic (exact) mass is 1340 g/mol. The molecule has 97 heavy (non-hydrogen) atoms. The number of methoxy groups -OCH3 is 2. The summed E-state index contributed by atoms with van der Waals surface area (Å²) in [5.74, 6) is -5.08. The number of fused-ring (bicyclic) bond motifs is 8. The Morgan fingerprint density at radius 2 is 0.835 bits per heavy atom. The molecular formula is C78H68Cl2N4O13. The number of esters is 4. The van der Waals surface area contributed by atoms with Crippen molar-refractivity contribution in [1.82, 2.24) is 0 Å². The number of ether oxygens (including phenoxy) is 7. The summed E-state index contributed by atoms with van der Waals surface area (Å²) in [5.41, 5.74) is 26.0. The van der Waals surface area contributed by atoms with Crippen molar-refractivity contribution in [3.05, 3.63) is 245 Å². The van der Waals surface area contributed by atoms with E-state index < -0.39 is 47.5 Å². The number of nitrogen functional groups attached to an aromatic ring is 2. The Balaban J connectivity index is 0.000000130. The number of carbonyl (C=O) groups is 5. The number of nitrogens with zero attached hydrogens (tertiary/aromatic N) is 2. The predicted molar refractivity (Wildman–Crippen MR) is 370 cm³/mol. The minimum atomic E-state index is -1.85. The molecule has 0 atom stereocenters. The highest BCUT2D eigenvalue weighted by atomic mass is 35.5. The first-order valence-corrected chi connectivity index (χ1v) is 32.8. The van der Waals surface area contributed by atoms with Crippen LogP contribution in [0.1, 0.15) is 165 Å². The first-order valence-electron chi connectivity index (χ1n) is 33.5. The zero-order valence-corrected chi connectivity index (χ0v) is 55.0. The van der Waals surface area contributed by atoms with E-state index in [4.69, 9.17) is 67.8 Å². The zero-order valence-electron chi connectivity index (χ0n) is 56.5. The zero-order chi connectivity index (χ0) is 70.3. The van der Waals surface area contributed by atoms with Gasteiger partial charge in [0.25, 0.3) is 0 Å². The molecule has 0 radical (unpaired) electrons. The number of carboxylic acid groups (broad SMARTS) is 1. The number of carbonyl (C=O) groups excluding carboxylic acids is 4. The smallest absolute Gasteiger partial charge is 0.338 e. The molecule has 16 rings (SSSR count). The van der Waals surface area contributed by atoms with Crippen molar-refractivity contribution in [2.24, 2.45) is 0 Å². The van der Waals surface area contributed by atoms with Crippen LogP contribution in [0.2, 0.25) is 10.0 Å². The number of hydrogen-bond acceptors (Lipinski definition) is 16. The lowest BCUT2D eigenvalue weighted by Crippen LogP contribution is -2.36. The van der Waals surface area contributed by atoms with Gasteiger partial charge >= 0.3 is 29.8 Å². The minimum Gasteiger partial charge on any atom is -0.478 e. The molecule has 0 saturated heterocycles. The lowest BCUT2D eigenvalue weighted by molar-refractivity contribution is -0.132. The van der Waals surface area contributed by atoms with Gasteiger partial charge in [-0.05, 0) is 134 Å². The van der Waals surface area contributed by atoms with Gasteiger partial charge in [-0.25, -0.2) is 14.4 Å². The molecule has 0 unspecified atom stereocenters. The number of aromatic carboxylic acids is 1. The van der Waals surface area contributed by atoms with E-state index in [2.05, 4.69) is 21.9 Å². The normalized spacial score (nSPS) is 16.5. The third-order valence-corrected chi connectivity index (χ3v) is 19.0. The third kappa shape index (κ3) is 11.8. The number of hydrogen-bond donors (Lipinski definition) is 3. The lowest BCUT2D eigenvalue weighted by Gasteiger charge is -2.43. The molecule has 9 aromatic rings. The highest BCUT2D eigenvalue weighted by molar-refractivity contribution is 6.33. The first kappa shape index (κ1) is 60.2. The average Bonchev–Trinajstić information content (AvgIpc) is 0.701. The van der Waals surface area contributed by atoms with E-state index in [1.807, 2.05) is 18.2 Å². The second-order valence-electron chi connectivity index (χ2n) is 24.5. The second kappa shape index (κ2) is 26.3. The molecule has 0 bridgehead atoms. The van der Waals surface area contributed by atoms with E-state index in [-0.39, 0.29) is 55.3 Å². The average molecular weight is 1340 g/mol. The molecule has 19 heteroatoms. The standard InChI is InChI=1S/C33H34N2O3.C24H16Cl2O7.C21H18N2O3/c1-37-33(36)23-11-3-2-10-22(23)28-26-18-20-8-4-14-34-16-6-12-24(29(20)34)31(26)38-32-25-13-7-17-35-15-5-9-21(30(25)35)19-27(28)32;1-11(27)31-21-9-19-15(7-17(21)25)23(13-5-3-4-6-14(13)24(29)30)16-8-18(26)22(32-12(2)28)10-20(16)33-19;1-25-21(24)15-5-3-2-4-14(15)20-16-8-6-12(22)10-18(16)26-19-11-13(23)7-9-17(19)20/h2-3,10-11,18-19,28H,4-9,12-17H2,1H3;3-10,23H,1-2H3,(H,29,30);2-11,20H,22-23H2,1H3/i28D;23D;20D. The Morgan fingerprint density at radius 1 is 0.464 bits per heavy atom. The molecule has 7 heterocycles. The SMILES string of the molecule is [2H]C1(c2ccccc2C(=O)O)c2cc(Cl)c(OC(C)=O)cc2Oc2cc(OC(C)=O)c(Cl)cc21.[2H]C1(c2ccccc2C(=O)OC)c2cc3c4c(c2Oc2c1cc1c5c2CCCN5CCC1)CCCN4CCC3.[2H]C1(c2ccccc2C(=O)OC)c2ccc(N)cc2Oc2cc(N)ccc21. The van der Waals surface area contributed by atoms with Gasteiger partial charge < -0.3 is 59.5 Å². The Bertz CT molecular complexity index is 4740. The molecule has 17 nitrogen and oxygen atoms in total. The van der Waals surface area contributed by atoms with Crippen LogP contribution in [0.25, 0.3) is 0 Å². The summed E-state index contributed by atoms with van der Waals surface area (Å²) in [4.78, 5) is 65.6. The van der Waals surface area contributed by atoms with Crippen molar-refractivity contribution in [3.63, 3.8) is 0 Å². The largest absolute Gasteiger partial charge is 0.478 e. The molecule has 0 fully saturated rings. The van der Waals surface area contributed by atoms with Gasteiger partial charge in [-0.3, -0.25) is 9.59 Å². The molecule has 0 spiro atoms. The highest BCUT2D eigenvalue weighted by Crippen LogP contribution is 2.59. The minimum absolute atomic E-state index is 0.000547. The molecule has 0 amide bonds. The topological polar surface area (TPSA) is 229 Å². The molecule has 9 aromatic carbocycles. The number of halogens is 2. The number of anilines is 4. The molecule has 0 aliphatic carbocycles. The summed E-state index contributed by atoms with van der Waals surface area (Å²) in [6.45, 7) is 6.75. The van der Waals surface area contributed by atoms with Crippen LogP contribution in [-0.4, -0.2) is 75.4 Å². The Kier molecular flexibility index (Phi) is 16.3. The quantitative estimate of drug-likeness (QED) is 0.0730. The lowest BCUT2D eigenvalue weighted by atomic mass is 9.75. The fraction of sp³-hybridized carbons (Fsp3) is 0.244. The van der Waals surface area contributed by atoms with Gasteiger partial charge in [0.1, 0.15) is 34.5 Å². The maximum atomic E-state index is 13.1. The van der Waals surface area contributed by atoms with Crippen LogP contribution < -0.4 is 45.0 Å². The fourth-order valence-corrected chi connectivity index (χ4v) is 14.9. The summed E-state index contributed by atoms with van der Waals surface area (Å²) in [6, 6.07) is 40.8. The highest BCUT2D eigenvalue weighted by Gasteiger charge is 2.42. The van der Waals surface area contributed by atoms with Crippen LogP contribution in [0.4, 0.5) is 22.7 Å². The number of carboxylic acids is 1. The third-order valence-electron chi connectivity index (χ3n) is 18.4. The second-order valence-corrected chi connectivity index (χ2v) is 25.3. The summed E-state index contributed by atoms with van der Waals surface area (Å²) < 4.78 is 69.1. The van der Waals surface area contributed by atoms with E-state index >= 15 is 0 Å². The van der Waals surface area contributed by atoms with Crippen molar-refractivity contribution in [2.75, 3.05) is 61.7 Å². The molecule has 0 saturated carbocycles. The fourth-order valence-electron chi connectivity index (χ4n) is 14.5. The maximum Gasteiger partial charge on any atom is 0.338 e. The van der Waals surface area contributed by atoms with Gasteiger partial charge in [-0.15, -0.1) is 0 Å².